The van der Waals surface area contributed by atoms with Crippen LogP contribution in [-0.2, 0) is 10.3 Å². The molecule has 2 heterocycles. The molecule has 4 N–H and O–H groups in total. The van der Waals surface area contributed by atoms with Crippen LogP contribution >= 0.6 is 0 Å². The maximum absolute atomic E-state index is 10.6. The minimum Gasteiger partial charge on any atom is -0.475 e. The molecule has 2 aromatic heterocycles. The van der Waals surface area contributed by atoms with Crippen LogP contribution in [0.4, 0.5) is 13.2 Å². The number of carbonyl (C=O) groups is 1. The fraction of sp³-hybridized carbons (Fsp3) is 0.316. The van der Waals surface area contributed by atoms with Gasteiger partial charge in [0.25, 0.3) is 5.89 Å². The van der Waals surface area contributed by atoms with Gasteiger partial charge in [-0.05, 0) is 25.0 Å². The van der Waals surface area contributed by atoms with Gasteiger partial charge in [-0.15, -0.1) is 0 Å². The van der Waals surface area contributed by atoms with Crippen molar-refractivity contribution >= 4 is 5.97 Å². The van der Waals surface area contributed by atoms with Crippen molar-refractivity contribution < 1.29 is 27.6 Å². The molecule has 3 aromatic rings. The van der Waals surface area contributed by atoms with Crippen molar-refractivity contribution in [2.45, 2.75) is 37.4 Å². The number of aromatic nitrogens is 4. The van der Waals surface area contributed by atoms with Crippen molar-refractivity contribution in [1.29, 1.82) is 5.26 Å². The summed E-state index contributed by atoms with van der Waals surface area (Å²) in [6.45, 7) is 0. The number of rotatable bonds is 3. The second-order valence-electron chi connectivity index (χ2n) is 6.94. The number of nitriles is 1. The number of halogens is 3. The Morgan fingerprint density at radius 3 is 2.61 bits per heavy atom. The molecular formula is C19H17F3N6O3. The van der Waals surface area contributed by atoms with Gasteiger partial charge >= 0.3 is 12.1 Å². The fourth-order valence-corrected chi connectivity index (χ4v) is 3.18. The molecule has 0 radical (unpaired) electrons. The Balaban J connectivity index is 0.000000339. The first-order chi connectivity index (χ1) is 14.6. The summed E-state index contributed by atoms with van der Waals surface area (Å²) in [5, 5.41) is 27.3. The average Bonchev–Trinajstić information content (AvgIpc) is 3.48. The molecule has 0 bridgehead atoms. The van der Waals surface area contributed by atoms with Crippen LogP contribution in [0.15, 0.2) is 35.0 Å². The predicted molar refractivity (Wildman–Crippen MR) is 100 cm³/mol. The molecule has 31 heavy (non-hydrogen) atoms. The minimum absolute atomic E-state index is 0.382. The van der Waals surface area contributed by atoms with Gasteiger partial charge in [0.2, 0.25) is 0 Å². The Hall–Kier alpha value is -3.72. The third kappa shape index (κ3) is 4.89. The molecule has 0 spiro atoms. The van der Waals surface area contributed by atoms with E-state index in [0.29, 0.717) is 22.8 Å². The Labute approximate surface area is 173 Å². The number of H-pyrrole nitrogens is 1. The molecule has 0 unspecified atom stereocenters. The van der Waals surface area contributed by atoms with E-state index in [1.165, 1.54) is 0 Å². The average molecular weight is 434 g/mol. The summed E-state index contributed by atoms with van der Waals surface area (Å²) in [7, 11) is 0. The second kappa shape index (κ2) is 8.57. The van der Waals surface area contributed by atoms with Crippen molar-refractivity contribution in [2.75, 3.05) is 0 Å². The molecule has 12 heteroatoms. The van der Waals surface area contributed by atoms with Crippen LogP contribution in [0.1, 0.15) is 37.1 Å². The smallest absolute Gasteiger partial charge is 0.475 e. The summed E-state index contributed by atoms with van der Waals surface area (Å²) in [5.41, 5.74) is 8.74. The van der Waals surface area contributed by atoms with Crippen molar-refractivity contribution in [3.05, 3.63) is 41.9 Å². The molecule has 0 aliphatic heterocycles. The van der Waals surface area contributed by atoms with Gasteiger partial charge in [-0.25, -0.2) is 4.79 Å². The van der Waals surface area contributed by atoms with E-state index < -0.39 is 17.7 Å². The van der Waals surface area contributed by atoms with Crippen LogP contribution in [0.2, 0.25) is 0 Å². The number of carboxylic acid groups (broad SMARTS) is 1. The molecule has 1 saturated carbocycles. The number of benzene rings is 1. The topological polar surface area (TPSA) is 155 Å². The fourth-order valence-electron chi connectivity index (χ4n) is 3.18. The zero-order valence-electron chi connectivity index (χ0n) is 16.0. The molecule has 4 rings (SSSR count). The van der Waals surface area contributed by atoms with Crippen LogP contribution in [0.3, 0.4) is 0 Å². The van der Waals surface area contributed by atoms with E-state index in [-0.39, 0.29) is 0 Å². The van der Waals surface area contributed by atoms with Gasteiger partial charge in [-0.3, -0.25) is 5.10 Å². The lowest BCUT2D eigenvalue weighted by atomic mass is 9.98. The molecule has 1 aromatic carbocycles. The standard InChI is InChI=1S/C17H16N6O.C2HF3O2/c18-9-11-4-3-5-12(8-11)14-13(10-20-22-14)15-21-16(23-24-15)17(19)6-1-2-7-17;3-2(4,5)1(6)7/h3-5,8,10H,1-2,6-7,19H2,(H,20,22);(H,6,7). The predicted octanol–water partition coefficient (Wildman–Crippen LogP) is 3.36. The van der Waals surface area contributed by atoms with Crippen LogP contribution in [0.5, 0.6) is 0 Å². The highest BCUT2D eigenvalue weighted by Gasteiger charge is 2.38. The summed E-state index contributed by atoms with van der Waals surface area (Å²) < 4.78 is 37.2. The number of nitrogens with zero attached hydrogens (tertiary/aromatic N) is 4. The summed E-state index contributed by atoms with van der Waals surface area (Å²) >= 11 is 0. The number of hydrogen-bond acceptors (Lipinski definition) is 7. The number of aliphatic carboxylic acids is 1. The van der Waals surface area contributed by atoms with E-state index in [9.17, 15) is 13.2 Å². The molecule has 9 nitrogen and oxygen atoms in total. The maximum atomic E-state index is 10.6. The van der Waals surface area contributed by atoms with Crippen molar-refractivity contribution in [1.82, 2.24) is 20.3 Å². The van der Waals surface area contributed by atoms with Gasteiger partial charge in [0, 0.05) is 5.56 Å². The van der Waals surface area contributed by atoms with Gasteiger partial charge in [0.15, 0.2) is 5.82 Å². The van der Waals surface area contributed by atoms with E-state index in [4.69, 9.17) is 25.4 Å². The number of alkyl halides is 3. The number of nitrogens with one attached hydrogen (secondary N) is 1. The highest BCUT2D eigenvalue weighted by molar-refractivity contribution is 5.76. The van der Waals surface area contributed by atoms with E-state index in [0.717, 1.165) is 36.9 Å². The van der Waals surface area contributed by atoms with Gasteiger partial charge in [0.05, 0.1) is 34.6 Å². The molecule has 0 amide bonds. The zero-order chi connectivity index (χ0) is 22.6. The Kier molecular flexibility index (Phi) is 6.07. The number of carboxylic acids is 1. The van der Waals surface area contributed by atoms with Crippen LogP contribution in [0.25, 0.3) is 22.7 Å². The number of nitrogens with two attached hydrogens (primary N) is 1. The van der Waals surface area contributed by atoms with Crippen LogP contribution in [-0.4, -0.2) is 37.6 Å². The normalized spacial score (nSPS) is 15.1. The first kappa shape index (κ1) is 22.0. The lowest BCUT2D eigenvalue weighted by Gasteiger charge is -2.17. The Morgan fingerprint density at radius 1 is 1.32 bits per heavy atom. The molecule has 1 aliphatic rings. The third-order valence-corrected chi connectivity index (χ3v) is 4.76. The highest BCUT2D eigenvalue weighted by atomic mass is 19.4. The molecule has 162 valence electrons. The summed E-state index contributed by atoms with van der Waals surface area (Å²) in [4.78, 5) is 13.4. The minimum atomic E-state index is -5.08. The lowest BCUT2D eigenvalue weighted by molar-refractivity contribution is -0.192. The zero-order valence-corrected chi connectivity index (χ0v) is 16.0. The first-order valence-corrected chi connectivity index (χ1v) is 9.11. The Morgan fingerprint density at radius 2 is 2.00 bits per heavy atom. The molecule has 1 fully saturated rings. The molecule has 0 atom stereocenters. The van der Waals surface area contributed by atoms with Gasteiger partial charge in [-0.2, -0.15) is 28.5 Å². The first-order valence-electron chi connectivity index (χ1n) is 9.11. The molecular weight excluding hydrogens is 417 g/mol. The highest BCUT2D eigenvalue weighted by Crippen LogP contribution is 2.36. The van der Waals surface area contributed by atoms with Gasteiger partial charge < -0.3 is 15.4 Å². The van der Waals surface area contributed by atoms with E-state index >= 15 is 0 Å². The van der Waals surface area contributed by atoms with Crippen LogP contribution in [0, 0.1) is 11.3 Å². The van der Waals surface area contributed by atoms with E-state index in [2.05, 4.69) is 26.4 Å². The summed E-state index contributed by atoms with van der Waals surface area (Å²) in [6, 6.07) is 9.40. The summed E-state index contributed by atoms with van der Waals surface area (Å²) in [6.07, 6.45) is 0.461. The van der Waals surface area contributed by atoms with Crippen molar-refractivity contribution in [2.24, 2.45) is 5.73 Å². The quantitative estimate of drug-likeness (QED) is 0.567. The lowest BCUT2D eigenvalue weighted by Crippen LogP contribution is -2.34. The number of aromatic amines is 1. The Bertz CT molecular complexity index is 1110. The molecule has 0 saturated heterocycles. The number of hydrogen-bond donors (Lipinski definition) is 3. The second-order valence-corrected chi connectivity index (χ2v) is 6.94. The largest absolute Gasteiger partial charge is 0.490 e. The van der Waals surface area contributed by atoms with Crippen molar-refractivity contribution in [3.8, 4) is 28.8 Å². The maximum Gasteiger partial charge on any atom is 0.490 e. The van der Waals surface area contributed by atoms with E-state index in [1.807, 2.05) is 12.1 Å². The SMILES string of the molecule is N#Cc1cccc(-c2[nH]ncc2-c2nc(C3(N)CCCC3)no2)c1.O=C(O)C(F)(F)F. The van der Waals surface area contributed by atoms with Gasteiger partial charge in [0.1, 0.15) is 0 Å². The third-order valence-electron chi connectivity index (χ3n) is 4.76. The summed E-state index contributed by atoms with van der Waals surface area (Å²) in [5.74, 6) is -1.83. The van der Waals surface area contributed by atoms with Gasteiger partial charge in [-0.1, -0.05) is 30.1 Å². The van der Waals surface area contributed by atoms with Crippen molar-refractivity contribution in [3.63, 3.8) is 0 Å². The van der Waals surface area contributed by atoms with Crippen LogP contribution < -0.4 is 5.73 Å². The molecule has 1 aliphatic carbocycles. The monoisotopic (exact) mass is 434 g/mol. The van der Waals surface area contributed by atoms with E-state index in [1.54, 1.807) is 18.3 Å².